The molecule has 0 radical (unpaired) electrons. The summed E-state index contributed by atoms with van der Waals surface area (Å²) in [6.07, 6.45) is 7.15. The van der Waals surface area contributed by atoms with E-state index >= 15 is 0 Å². The van der Waals surface area contributed by atoms with Gasteiger partial charge in [0.25, 0.3) is 0 Å². The van der Waals surface area contributed by atoms with E-state index in [-0.39, 0.29) is 30.5 Å². The Morgan fingerprint density at radius 3 is 2.43 bits per heavy atom. The first-order chi connectivity index (χ1) is 9.74. The number of halogens is 1. The molecule has 1 rings (SSSR count). The summed E-state index contributed by atoms with van der Waals surface area (Å²) in [7, 11) is 1.68. The molecule has 0 heterocycles. The lowest BCUT2D eigenvalue weighted by molar-refractivity contribution is -0.135. The van der Waals surface area contributed by atoms with Crippen LogP contribution < -0.4 is 10.6 Å². The highest BCUT2D eigenvalue weighted by atomic mass is 35.5. The molecule has 1 aliphatic carbocycles. The van der Waals surface area contributed by atoms with E-state index < -0.39 is 0 Å². The van der Waals surface area contributed by atoms with Crippen LogP contribution in [-0.4, -0.2) is 51.5 Å². The van der Waals surface area contributed by atoms with Crippen molar-refractivity contribution >= 4 is 18.3 Å². The molecule has 0 aromatic rings. The molecule has 1 aliphatic rings. The molecule has 1 unspecified atom stereocenters. The van der Waals surface area contributed by atoms with E-state index in [2.05, 4.69) is 10.6 Å². The van der Waals surface area contributed by atoms with Crippen molar-refractivity contribution in [2.75, 3.05) is 33.4 Å². The van der Waals surface area contributed by atoms with Crippen LogP contribution in [0, 0.1) is 0 Å². The first-order valence-electron chi connectivity index (χ1n) is 7.87. The van der Waals surface area contributed by atoms with Gasteiger partial charge in [0.05, 0.1) is 12.7 Å². The molecule has 1 atom stereocenters. The van der Waals surface area contributed by atoms with Gasteiger partial charge in [-0.25, -0.2) is 0 Å². The van der Waals surface area contributed by atoms with E-state index in [0.29, 0.717) is 13.2 Å². The minimum Gasteiger partial charge on any atom is -0.383 e. The topological polar surface area (TPSA) is 59.6 Å². The van der Waals surface area contributed by atoms with Crippen molar-refractivity contribution in [1.82, 2.24) is 10.6 Å². The number of amides is 1. The molecule has 5 nitrogen and oxygen atoms in total. The molecule has 0 spiro atoms. The Kier molecular flexibility index (Phi) is 13.1. The minimum atomic E-state index is -0.350. The van der Waals surface area contributed by atoms with Gasteiger partial charge in [0, 0.05) is 26.7 Å². The Morgan fingerprint density at radius 2 is 1.81 bits per heavy atom. The van der Waals surface area contributed by atoms with Gasteiger partial charge in [0.15, 0.2) is 0 Å². The van der Waals surface area contributed by atoms with Gasteiger partial charge in [-0.3, -0.25) is 4.79 Å². The molecule has 2 N–H and O–H groups in total. The summed E-state index contributed by atoms with van der Waals surface area (Å²) in [5.74, 6) is -0.0113. The van der Waals surface area contributed by atoms with Crippen LogP contribution >= 0.6 is 12.4 Å². The van der Waals surface area contributed by atoms with Crippen LogP contribution in [0.25, 0.3) is 0 Å². The third kappa shape index (κ3) is 10.1. The predicted molar refractivity (Wildman–Crippen MR) is 87.0 cm³/mol. The maximum absolute atomic E-state index is 11.9. The van der Waals surface area contributed by atoms with Crippen molar-refractivity contribution in [3.63, 3.8) is 0 Å². The molecule has 0 aromatic carbocycles. The molecule has 1 fully saturated rings. The highest BCUT2D eigenvalue weighted by Crippen LogP contribution is 2.20. The third-order valence-corrected chi connectivity index (χ3v) is 3.65. The number of hydrogen-bond acceptors (Lipinski definition) is 4. The normalized spacial score (nSPS) is 17.6. The van der Waals surface area contributed by atoms with E-state index in [1.807, 2.05) is 6.92 Å². The van der Waals surface area contributed by atoms with Crippen LogP contribution in [0.4, 0.5) is 0 Å². The molecule has 0 aromatic heterocycles. The average Bonchev–Trinajstić information content (AvgIpc) is 2.71. The molecule has 126 valence electrons. The van der Waals surface area contributed by atoms with Gasteiger partial charge in [-0.15, -0.1) is 12.4 Å². The molecule has 0 aliphatic heterocycles. The summed E-state index contributed by atoms with van der Waals surface area (Å²) in [6, 6.07) is 0. The SMILES string of the molecule is COCCNCCNC(=O)C(C)OC1CCCCCC1.Cl. The van der Waals surface area contributed by atoms with E-state index in [4.69, 9.17) is 9.47 Å². The highest BCUT2D eigenvalue weighted by molar-refractivity contribution is 5.85. The first-order valence-corrected chi connectivity index (χ1v) is 7.87. The zero-order chi connectivity index (χ0) is 14.6. The van der Waals surface area contributed by atoms with Crippen LogP contribution in [0.3, 0.4) is 0 Å². The second kappa shape index (κ2) is 13.3. The van der Waals surface area contributed by atoms with Crippen molar-refractivity contribution in [3.05, 3.63) is 0 Å². The minimum absolute atomic E-state index is 0. The molecule has 1 amide bonds. The molecule has 1 saturated carbocycles. The van der Waals surface area contributed by atoms with Crippen LogP contribution in [0.1, 0.15) is 45.4 Å². The lowest BCUT2D eigenvalue weighted by Crippen LogP contribution is -2.40. The fourth-order valence-corrected chi connectivity index (χ4v) is 2.45. The number of carbonyl (C=O) groups is 1. The fourth-order valence-electron chi connectivity index (χ4n) is 2.45. The zero-order valence-electron chi connectivity index (χ0n) is 13.4. The maximum atomic E-state index is 11.9. The number of rotatable bonds is 9. The molecular formula is C15H31ClN2O3. The van der Waals surface area contributed by atoms with Gasteiger partial charge in [-0.05, 0) is 19.8 Å². The van der Waals surface area contributed by atoms with Gasteiger partial charge >= 0.3 is 0 Å². The van der Waals surface area contributed by atoms with Gasteiger partial charge < -0.3 is 20.1 Å². The summed E-state index contributed by atoms with van der Waals surface area (Å²) in [5.41, 5.74) is 0. The Morgan fingerprint density at radius 1 is 1.14 bits per heavy atom. The first kappa shape index (κ1) is 20.6. The second-order valence-electron chi connectivity index (χ2n) is 5.43. The Labute approximate surface area is 134 Å². The number of hydrogen-bond donors (Lipinski definition) is 2. The number of nitrogens with one attached hydrogen (secondary N) is 2. The van der Waals surface area contributed by atoms with Crippen LogP contribution in [-0.2, 0) is 14.3 Å². The van der Waals surface area contributed by atoms with Crippen LogP contribution in [0.2, 0.25) is 0 Å². The predicted octanol–water partition coefficient (Wildman–Crippen LogP) is 1.89. The standard InChI is InChI=1S/C15H30N2O3.ClH/c1-13(20-14-7-5-3-4-6-8-14)15(18)17-10-9-16-11-12-19-2;/h13-14,16H,3-12H2,1-2H3,(H,17,18);1H. The summed E-state index contributed by atoms with van der Waals surface area (Å²) in [4.78, 5) is 11.9. The number of carbonyl (C=O) groups excluding carboxylic acids is 1. The molecule has 6 heteroatoms. The molecule has 0 saturated heterocycles. The third-order valence-electron chi connectivity index (χ3n) is 3.65. The van der Waals surface area contributed by atoms with Crippen LogP contribution in [0.5, 0.6) is 0 Å². The fraction of sp³-hybridized carbons (Fsp3) is 0.933. The van der Waals surface area contributed by atoms with Crippen molar-refractivity contribution in [2.24, 2.45) is 0 Å². The average molecular weight is 323 g/mol. The summed E-state index contributed by atoms with van der Waals surface area (Å²) in [6.45, 7) is 4.72. The highest BCUT2D eigenvalue weighted by Gasteiger charge is 2.19. The lowest BCUT2D eigenvalue weighted by Gasteiger charge is -2.20. The zero-order valence-corrected chi connectivity index (χ0v) is 14.2. The monoisotopic (exact) mass is 322 g/mol. The van der Waals surface area contributed by atoms with Crippen molar-refractivity contribution in [2.45, 2.75) is 57.7 Å². The lowest BCUT2D eigenvalue weighted by atomic mass is 10.1. The van der Waals surface area contributed by atoms with E-state index in [1.165, 1.54) is 25.7 Å². The van der Waals surface area contributed by atoms with Gasteiger partial charge in [-0.2, -0.15) is 0 Å². The van der Waals surface area contributed by atoms with Gasteiger partial charge in [0.2, 0.25) is 5.91 Å². The quantitative estimate of drug-likeness (QED) is 0.503. The smallest absolute Gasteiger partial charge is 0.248 e. The number of ether oxygens (including phenoxy) is 2. The second-order valence-corrected chi connectivity index (χ2v) is 5.43. The Bertz CT molecular complexity index is 259. The maximum Gasteiger partial charge on any atom is 0.248 e. The molecule has 21 heavy (non-hydrogen) atoms. The largest absolute Gasteiger partial charge is 0.383 e. The van der Waals surface area contributed by atoms with Crippen molar-refractivity contribution < 1.29 is 14.3 Å². The summed E-state index contributed by atoms with van der Waals surface area (Å²) < 4.78 is 10.8. The Balaban J connectivity index is 0.00000400. The summed E-state index contributed by atoms with van der Waals surface area (Å²) >= 11 is 0. The van der Waals surface area contributed by atoms with E-state index in [0.717, 1.165) is 25.9 Å². The van der Waals surface area contributed by atoms with Crippen molar-refractivity contribution in [1.29, 1.82) is 0 Å². The van der Waals surface area contributed by atoms with E-state index in [1.54, 1.807) is 7.11 Å². The Hall–Kier alpha value is -0.360. The van der Waals surface area contributed by atoms with Crippen molar-refractivity contribution in [3.8, 4) is 0 Å². The van der Waals surface area contributed by atoms with Gasteiger partial charge in [-0.1, -0.05) is 25.7 Å². The van der Waals surface area contributed by atoms with Gasteiger partial charge in [0.1, 0.15) is 6.10 Å². The summed E-state index contributed by atoms with van der Waals surface area (Å²) in [5, 5.41) is 6.09. The van der Waals surface area contributed by atoms with Crippen LogP contribution in [0.15, 0.2) is 0 Å². The van der Waals surface area contributed by atoms with E-state index in [9.17, 15) is 4.79 Å². The molecule has 0 bridgehead atoms. The number of methoxy groups -OCH3 is 1. The molecular weight excluding hydrogens is 292 g/mol.